The third kappa shape index (κ3) is 5.65. The molecule has 6 nitrogen and oxygen atoms in total. The van der Waals surface area contributed by atoms with Crippen LogP contribution >= 0.6 is 23.1 Å². The zero-order valence-corrected chi connectivity index (χ0v) is 18.7. The molecule has 4 rings (SSSR count). The summed E-state index contributed by atoms with van der Waals surface area (Å²) < 4.78 is 32.9. The maximum absolute atomic E-state index is 10.5. The Morgan fingerprint density at radius 1 is 0.903 bits per heavy atom. The molecule has 0 fully saturated rings. The van der Waals surface area contributed by atoms with Crippen molar-refractivity contribution in [2.45, 2.75) is 9.10 Å². The van der Waals surface area contributed by atoms with E-state index in [9.17, 15) is 23.1 Å². The van der Waals surface area contributed by atoms with Crippen molar-refractivity contribution in [3.63, 3.8) is 0 Å². The van der Waals surface area contributed by atoms with Crippen molar-refractivity contribution in [1.82, 2.24) is 0 Å². The van der Waals surface area contributed by atoms with E-state index < -0.39 is 25.6 Å². The molecule has 0 aliphatic heterocycles. The molecule has 31 heavy (non-hydrogen) atoms. The van der Waals surface area contributed by atoms with Crippen molar-refractivity contribution in [2.75, 3.05) is 6.26 Å². The van der Waals surface area contributed by atoms with E-state index in [2.05, 4.69) is 66.9 Å². The summed E-state index contributed by atoms with van der Waals surface area (Å²) in [6.45, 7) is 0. The molecule has 0 saturated carbocycles. The van der Waals surface area contributed by atoms with Crippen molar-refractivity contribution in [1.29, 1.82) is 0 Å². The number of para-hydroxylation sites is 1. The topological polar surface area (TPSA) is 100 Å². The molecule has 0 saturated heterocycles. The maximum atomic E-state index is 10.5. The predicted molar refractivity (Wildman–Crippen MR) is 125 cm³/mol. The van der Waals surface area contributed by atoms with Crippen LogP contribution in [0.15, 0.2) is 94.0 Å². The van der Waals surface area contributed by atoms with Gasteiger partial charge in [0.15, 0.2) is 0 Å². The molecule has 3 aromatic carbocycles. The second-order valence-corrected chi connectivity index (χ2v) is 9.71. The Labute approximate surface area is 188 Å². The number of benzene rings is 3. The van der Waals surface area contributed by atoms with E-state index in [0.29, 0.717) is 0 Å². The summed E-state index contributed by atoms with van der Waals surface area (Å²) in [5.74, 6) is 0. The summed E-state index contributed by atoms with van der Waals surface area (Å²) in [5.41, 5.74) is 0.598. The minimum Gasteiger partial charge on any atom is -0.744 e. The first kappa shape index (κ1) is 22.8. The van der Waals surface area contributed by atoms with Crippen molar-refractivity contribution in [2.24, 2.45) is 0 Å². The first-order valence-electron chi connectivity index (χ1n) is 8.96. The minimum atomic E-state index is -4.77. The number of hydrogen-bond acceptors (Lipinski definition) is 6. The minimum absolute atomic E-state index is 0.697. The third-order valence-corrected chi connectivity index (χ3v) is 7.45. The summed E-state index contributed by atoms with van der Waals surface area (Å²) >= 11 is 3.69. The van der Waals surface area contributed by atoms with E-state index in [1.807, 2.05) is 23.1 Å². The Morgan fingerprint density at radius 3 is 2.13 bits per heavy atom. The smallest absolute Gasteiger partial charge is 0.286 e. The quantitative estimate of drug-likeness (QED) is 0.118. The van der Waals surface area contributed by atoms with E-state index in [1.54, 1.807) is 0 Å². The van der Waals surface area contributed by atoms with Crippen LogP contribution in [0, 0.1) is 10.1 Å². The largest absolute Gasteiger partial charge is 0.744 e. The monoisotopic (exact) mass is 471 g/mol. The summed E-state index contributed by atoms with van der Waals surface area (Å²) in [7, 11) is -4.77. The molecule has 0 bridgehead atoms. The molecule has 1 heterocycles. The molecule has 9 heteroatoms. The Bertz CT molecular complexity index is 1330. The standard InChI is InChI=1S/C16H13S2.C6H5NO5S/c1-17-16-14-10-6-5-9-13(14)11-15(18-16)12-7-3-2-4-8-12;8-7(9)5-3-1-2-4-6(5)13(10,11)12/h2-11H,1H3;1-4H,(H,10,11,12)/q+1;/p-1. The molecule has 0 unspecified atom stereocenters. The molecular weight excluding hydrogens is 454 g/mol. The number of nitrogens with zero attached hydrogens (tertiary/aromatic N) is 1. The van der Waals surface area contributed by atoms with Gasteiger partial charge >= 0.3 is 0 Å². The molecule has 0 atom stereocenters. The van der Waals surface area contributed by atoms with Crippen molar-refractivity contribution >= 4 is 49.7 Å². The Kier molecular flexibility index (Phi) is 7.34. The molecule has 0 aliphatic carbocycles. The Morgan fingerprint density at radius 2 is 1.52 bits per heavy atom. The third-order valence-electron chi connectivity index (χ3n) is 4.24. The molecule has 0 radical (unpaired) electrons. The molecule has 0 aliphatic rings. The van der Waals surface area contributed by atoms with Gasteiger partial charge in [-0.15, -0.1) is 0 Å². The zero-order chi connectivity index (χ0) is 22.4. The van der Waals surface area contributed by atoms with Crippen LogP contribution in [0.4, 0.5) is 5.69 Å². The second kappa shape index (κ2) is 9.97. The number of hydrogen-bond donors (Lipinski definition) is 0. The fourth-order valence-electron chi connectivity index (χ4n) is 2.85. The average Bonchev–Trinajstić information content (AvgIpc) is 2.78. The van der Waals surface area contributed by atoms with Gasteiger partial charge in [0.2, 0.25) is 16.2 Å². The molecule has 0 N–H and O–H groups in total. The van der Waals surface area contributed by atoms with Crippen LogP contribution in [0.2, 0.25) is 0 Å². The summed E-state index contributed by atoms with van der Waals surface area (Å²) in [6.07, 6.45) is 2.15. The highest BCUT2D eigenvalue weighted by Crippen LogP contribution is 2.37. The maximum Gasteiger partial charge on any atom is 0.286 e. The van der Waals surface area contributed by atoms with E-state index >= 15 is 0 Å². The van der Waals surface area contributed by atoms with Gasteiger partial charge in [0.05, 0.1) is 10.3 Å². The van der Waals surface area contributed by atoms with Crippen LogP contribution in [-0.4, -0.2) is 24.1 Å². The SMILES string of the molecule is CSc1[s+]c(-c2ccccc2)cc2ccccc12.O=[N+]([O-])c1ccccc1S(=O)(=O)[O-]. The Balaban J connectivity index is 0.000000187. The lowest BCUT2D eigenvalue weighted by Crippen LogP contribution is -2.02. The molecule has 158 valence electrons. The molecule has 4 aromatic rings. The molecule has 0 amide bonds. The van der Waals surface area contributed by atoms with Crippen LogP contribution in [0.25, 0.3) is 21.2 Å². The predicted octanol–water partition coefficient (Wildman–Crippen LogP) is 6.07. The first-order chi connectivity index (χ1) is 14.8. The highest BCUT2D eigenvalue weighted by atomic mass is 32.2. The lowest BCUT2D eigenvalue weighted by molar-refractivity contribution is -0.387. The van der Waals surface area contributed by atoms with Crippen LogP contribution in [0.1, 0.15) is 0 Å². The summed E-state index contributed by atoms with van der Waals surface area (Å²) in [5, 5.41) is 12.9. The average molecular weight is 472 g/mol. The van der Waals surface area contributed by atoms with Gasteiger partial charge in [-0.2, -0.15) is 0 Å². The van der Waals surface area contributed by atoms with Gasteiger partial charge in [-0.3, -0.25) is 10.1 Å². The number of thioether (sulfide) groups is 1. The molecular formula is C22H17NO5S3. The van der Waals surface area contributed by atoms with Crippen LogP contribution in [0.5, 0.6) is 0 Å². The second-order valence-electron chi connectivity index (χ2n) is 6.23. The Hall–Kier alpha value is -2.85. The number of fused-ring (bicyclic) bond motifs is 1. The van der Waals surface area contributed by atoms with Gasteiger partial charge in [0.1, 0.15) is 15.0 Å². The van der Waals surface area contributed by atoms with Crippen LogP contribution in [0.3, 0.4) is 0 Å². The molecule has 1 aromatic heterocycles. The zero-order valence-electron chi connectivity index (χ0n) is 16.3. The van der Waals surface area contributed by atoms with Gasteiger partial charge in [-0.25, -0.2) is 8.42 Å². The fraction of sp³-hybridized carbons (Fsp3) is 0.0455. The fourth-order valence-corrected chi connectivity index (χ4v) is 5.44. The van der Waals surface area contributed by atoms with Crippen LogP contribution < -0.4 is 0 Å². The van der Waals surface area contributed by atoms with Gasteiger partial charge in [0.25, 0.3) is 9.90 Å². The number of nitro groups is 1. The summed E-state index contributed by atoms with van der Waals surface area (Å²) in [4.78, 5) is 9.89. The van der Waals surface area contributed by atoms with Crippen molar-refractivity contribution < 1.29 is 17.9 Å². The van der Waals surface area contributed by atoms with Gasteiger partial charge in [-0.05, 0) is 35.9 Å². The van der Waals surface area contributed by atoms with Crippen LogP contribution in [-0.2, 0) is 10.1 Å². The normalized spacial score (nSPS) is 10.9. The van der Waals surface area contributed by atoms with Gasteiger partial charge in [0, 0.05) is 17.7 Å². The lowest BCUT2D eigenvalue weighted by Gasteiger charge is -2.06. The van der Waals surface area contributed by atoms with Crippen molar-refractivity contribution in [3.05, 3.63) is 95.0 Å². The van der Waals surface area contributed by atoms with E-state index in [1.165, 1.54) is 37.6 Å². The lowest BCUT2D eigenvalue weighted by atomic mass is 10.1. The van der Waals surface area contributed by atoms with Gasteiger partial charge < -0.3 is 4.55 Å². The number of nitro benzene ring substituents is 1. The van der Waals surface area contributed by atoms with E-state index in [-0.39, 0.29) is 0 Å². The first-order valence-corrected chi connectivity index (χ1v) is 12.4. The highest BCUT2D eigenvalue weighted by molar-refractivity contribution is 8.00. The highest BCUT2D eigenvalue weighted by Gasteiger charge is 2.18. The summed E-state index contributed by atoms with van der Waals surface area (Å²) in [6, 6.07) is 25.9. The van der Waals surface area contributed by atoms with E-state index in [4.69, 9.17) is 0 Å². The number of rotatable bonds is 4. The van der Waals surface area contributed by atoms with E-state index in [0.717, 1.165) is 12.1 Å². The molecule has 0 spiro atoms. The van der Waals surface area contributed by atoms with Gasteiger partial charge in [-0.1, -0.05) is 60.3 Å². The van der Waals surface area contributed by atoms with Crippen molar-refractivity contribution in [3.8, 4) is 10.4 Å².